The summed E-state index contributed by atoms with van der Waals surface area (Å²) in [7, 11) is -3.29. The second kappa shape index (κ2) is 4.33. The average Bonchev–Trinajstić information content (AvgIpc) is 2.15. The second-order valence-corrected chi connectivity index (χ2v) is 5.58. The van der Waals surface area contributed by atoms with E-state index in [9.17, 15) is 13.2 Å². The highest BCUT2D eigenvalue weighted by Gasteiger charge is 2.13. The summed E-state index contributed by atoms with van der Waals surface area (Å²) in [5.41, 5.74) is 1.02. The summed E-state index contributed by atoms with van der Waals surface area (Å²) in [6, 6.07) is 4.42. The molecule has 3 nitrogen and oxygen atoms in total. The van der Waals surface area contributed by atoms with Crippen LogP contribution in [0, 0.1) is 0 Å². The molecule has 0 unspecified atom stereocenters. The van der Waals surface area contributed by atoms with E-state index in [-0.39, 0.29) is 10.5 Å². The summed E-state index contributed by atoms with van der Waals surface area (Å²) in [6.45, 7) is 1.87. The quantitative estimate of drug-likeness (QED) is 0.767. The lowest BCUT2D eigenvalue weighted by Gasteiger charge is -2.05. The first-order chi connectivity index (χ1) is 6.86. The van der Waals surface area contributed by atoms with Crippen molar-refractivity contribution in [2.75, 3.05) is 6.26 Å². The molecule has 0 fully saturated rings. The molecule has 82 valence electrons. The zero-order chi connectivity index (χ0) is 11.6. The lowest BCUT2D eigenvalue weighted by atomic mass is 10.1. The second-order valence-electron chi connectivity index (χ2n) is 3.22. The normalized spacial score (nSPS) is 11.4. The van der Waals surface area contributed by atoms with Crippen LogP contribution in [0.4, 0.5) is 0 Å². The zero-order valence-corrected chi connectivity index (χ0v) is 10.0. The van der Waals surface area contributed by atoms with E-state index < -0.39 is 15.1 Å². The highest BCUT2D eigenvalue weighted by Crippen LogP contribution is 2.18. The molecule has 0 bridgehead atoms. The summed E-state index contributed by atoms with van der Waals surface area (Å²) in [5, 5.41) is -0.627. The fraction of sp³-hybridized carbons (Fsp3) is 0.300. The molecule has 0 spiro atoms. The first kappa shape index (κ1) is 12.2. The van der Waals surface area contributed by atoms with Gasteiger partial charge in [-0.15, -0.1) is 0 Å². The average molecular weight is 247 g/mol. The third-order valence-electron chi connectivity index (χ3n) is 2.10. The van der Waals surface area contributed by atoms with Crippen molar-refractivity contribution in [3.8, 4) is 0 Å². The summed E-state index contributed by atoms with van der Waals surface area (Å²) >= 11 is 5.38. The Balaban J connectivity index is 3.42. The van der Waals surface area contributed by atoms with Gasteiger partial charge in [0, 0.05) is 11.8 Å². The van der Waals surface area contributed by atoms with Gasteiger partial charge in [-0.3, -0.25) is 4.79 Å². The lowest BCUT2D eigenvalue weighted by molar-refractivity contribution is 0.108. The maximum absolute atomic E-state index is 11.3. The largest absolute Gasteiger partial charge is 0.276 e. The summed E-state index contributed by atoms with van der Waals surface area (Å²) < 4.78 is 22.5. The number of rotatable bonds is 3. The Hall–Kier alpha value is -0.870. The van der Waals surface area contributed by atoms with Crippen molar-refractivity contribution < 1.29 is 13.2 Å². The molecular formula is C10H11ClO3S. The van der Waals surface area contributed by atoms with Crippen molar-refractivity contribution in [3.05, 3.63) is 29.3 Å². The van der Waals surface area contributed by atoms with Crippen LogP contribution >= 0.6 is 11.6 Å². The Kier molecular flexibility index (Phi) is 3.52. The number of hydrogen-bond donors (Lipinski definition) is 0. The fourth-order valence-electron chi connectivity index (χ4n) is 1.28. The highest BCUT2D eigenvalue weighted by atomic mass is 35.5. The predicted molar refractivity (Wildman–Crippen MR) is 59.1 cm³/mol. The van der Waals surface area contributed by atoms with Crippen LogP contribution in [0.1, 0.15) is 22.8 Å². The molecule has 1 rings (SSSR count). The van der Waals surface area contributed by atoms with Gasteiger partial charge in [0.2, 0.25) is 0 Å². The summed E-state index contributed by atoms with van der Waals surface area (Å²) in [5.74, 6) is 0. The van der Waals surface area contributed by atoms with Crippen LogP contribution in [0.25, 0.3) is 0 Å². The van der Waals surface area contributed by atoms with E-state index >= 15 is 0 Å². The molecule has 0 aliphatic carbocycles. The third kappa shape index (κ3) is 2.79. The molecule has 1 aromatic carbocycles. The van der Waals surface area contributed by atoms with Crippen molar-refractivity contribution in [2.45, 2.75) is 18.2 Å². The van der Waals surface area contributed by atoms with E-state index in [2.05, 4.69) is 0 Å². The monoisotopic (exact) mass is 246 g/mol. The first-order valence-electron chi connectivity index (χ1n) is 4.39. The molecule has 15 heavy (non-hydrogen) atoms. The van der Waals surface area contributed by atoms with Crippen LogP contribution in [0.2, 0.25) is 0 Å². The van der Waals surface area contributed by atoms with Gasteiger partial charge in [-0.1, -0.05) is 13.0 Å². The molecule has 0 aliphatic heterocycles. The maximum atomic E-state index is 11.3. The van der Waals surface area contributed by atoms with Crippen LogP contribution in [0.5, 0.6) is 0 Å². The SMILES string of the molecule is CCc1ccc(S(C)(=O)=O)cc1C(=O)Cl. The van der Waals surface area contributed by atoms with Crippen LogP contribution in [0.3, 0.4) is 0 Å². The van der Waals surface area contributed by atoms with Crippen molar-refractivity contribution in [2.24, 2.45) is 0 Å². The Morgan fingerprint density at radius 1 is 1.40 bits per heavy atom. The van der Waals surface area contributed by atoms with Crippen molar-refractivity contribution in [1.29, 1.82) is 0 Å². The van der Waals surface area contributed by atoms with E-state index in [0.717, 1.165) is 11.8 Å². The van der Waals surface area contributed by atoms with Crippen LogP contribution in [0.15, 0.2) is 23.1 Å². The van der Waals surface area contributed by atoms with Gasteiger partial charge in [0.1, 0.15) is 0 Å². The molecule has 0 aromatic heterocycles. The minimum atomic E-state index is -3.29. The maximum Gasteiger partial charge on any atom is 0.252 e. The van der Waals surface area contributed by atoms with Gasteiger partial charge < -0.3 is 0 Å². The Morgan fingerprint density at radius 2 is 2.00 bits per heavy atom. The fourth-order valence-corrected chi connectivity index (χ4v) is 2.10. The van der Waals surface area contributed by atoms with Gasteiger partial charge in [0.15, 0.2) is 9.84 Å². The van der Waals surface area contributed by atoms with Crippen molar-refractivity contribution >= 4 is 26.7 Å². The van der Waals surface area contributed by atoms with Gasteiger partial charge in [0.25, 0.3) is 5.24 Å². The molecule has 0 amide bonds. The van der Waals surface area contributed by atoms with Gasteiger partial charge in [-0.25, -0.2) is 8.42 Å². The Bertz CT molecular complexity index is 491. The molecule has 0 saturated heterocycles. The van der Waals surface area contributed by atoms with Gasteiger partial charge in [-0.2, -0.15) is 0 Å². The zero-order valence-electron chi connectivity index (χ0n) is 8.45. The van der Waals surface area contributed by atoms with E-state index in [0.29, 0.717) is 6.42 Å². The minimum Gasteiger partial charge on any atom is -0.276 e. The van der Waals surface area contributed by atoms with Crippen LogP contribution in [-0.2, 0) is 16.3 Å². The molecule has 1 aromatic rings. The van der Waals surface area contributed by atoms with E-state index in [1.165, 1.54) is 12.1 Å². The molecule has 0 saturated carbocycles. The number of sulfone groups is 1. The summed E-state index contributed by atoms with van der Waals surface area (Å²) in [6.07, 6.45) is 1.73. The third-order valence-corrected chi connectivity index (χ3v) is 3.42. The van der Waals surface area contributed by atoms with Gasteiger partial charge in [0.05, 0.1) is 4.90 Å². The number of benzene rings is 1. The topological polar surface area (TPSA) is 51.2 Å². The smallest absolute Gasteiger partial charge is 0.252 e. The molecular weight excluding hydrogens is 236 g/mol. The van der Waals surface area contributed by atoms with Crippen molar-refractivity contribution in [1.82, 2.24) is 0 Å². The Labute approximate surface area is 94.0 Å². The van der Waals surface area contributed by atoms with Gasteiger partial charge >= 0.3 is 0 Å². The van der Waals surface area contributed by atoms with E-state index in [4.69, 9.17) is 11.6 Å². The number of aryl methyl sites for hydroxylation is 1. The Morgan fingerprint density at radius 3 is 2.40 bits per heavy atom. The number of halogens is 1. The highest BCUT2D eigenvalue weighted by molar-refractivity contribution is 7.90. The van der Waals surface area contributed by atoms with Gasteiger partial charge in [-0.05, 0) is 35.7 Å². The number of carbonyl (C=O) groups is 1. The molecule has 0 heterocycles. The standard InChI is InChI=1S/C10H11ClO3S/c1-3-7-4-5-8(15(2,13)14)6-9(7)10(11)12/h4-6H,3H2,1-2H3. The van der Waals surface area contributed by atoms with Crippen molar-refractivity contribution in [3.63, 3.8) is 0 Å². The molecule has 0 atom stereocenters. The predicted octanol–water partition coefficient (Wildman–Crippen LogP) is 2.03. The molecule has 0 radical (unpaired) electrons. The van der Waals surface area contributed by atoms with E-state index in [1.54, 1.807) is 6.07 Å². The number of hydrogen-bond acceptors (Lipinski definition) is 3. The van der Waals surface area contributed by atoms with E-state index in [1.807, 2.05) is 6.92 Å². The van der Waals surface area contributed by atoms with Crippen LogP contribution < -0.4 is 0 Å². The molecule has 5 heteroatoms. The minimum absolute atomic E-state index is 0.115. The summed E-state index contributed by atoms with van der Waals surface area (Å²) in [4.78, 5) is 11.2. The molecule has 0 N–H and O–H groups in total. The molecule has 0 aliphatic rings. The van der Waals surface area contributed by atoms with Crippen LogP contribution in [-0.4, -0.2) is 19.9 Å². The number of carbonyl (C=O) groups excluding carboxylic acids is 1. The lowest BCUT2D eigenvalue weighted by Crippen LogP contribution is -2.02. The first-order valence-corrected chi connectivity index (χ1v) is 6.66.